The number of halogens is 2. The van der Waals surface area contributed by atoms with E-state index in [1.165, 1.54) is 6.92 Å². The number of carbonyl (C=O) groups is 2. The lowest BCUT2D eigenvalue weighted by atomic mass is 10.4. The zero-order valence-electron chi connectivity index (χ0n) is 7.89. The number of nitrogens with one attached hydrogen (secondary N) is 1. The summed E-state index contributed by atoms with van der Waals surface area (Å²) in [5.74, 6) is -0.540. The number of alkyl halides is 2. The van der Waals surface area contributed by atoms with Crippen LogP contribution >= 0.6 is 0 Å². The normalized spacial score (nSPS) is 10.3. The number of Topliss-reactive ketones (excluding diaryl/α,β-unsaturated/α-hetero) is 1. The summed E-state index contributed by atoms with van der Waals surface area (Å²) in [6, 6.07) is 0. The summed E-state index contributed by atoms with van der Waals surface area (Å²) in [6.45, 7) is 0.579. The highest BCUT2D eigenvalue weighted by atomic mass is 19.3. The van der Waals surface area contributed by atoms with Crippen LogP contribution in [0.1, 0.15) is 13.3 Å². The summed E-state index contributed by atoms with van der Waals surface area (Å²) < 4.78 is 27.6. The van der Waals surface area contributed by atoms with E-state index in [0.29, 0.717) is 0 Å². The fraction of sp³-hybridized carbons (Fsp3) is 0.750. The van der Waals surface area contributed by atoms with E-state index >= 15 is 0 Å². The quantitative estimate of drug-likeness (QED) is 0.616. The van der Waals surface area contributed by atoms with E-state index in [4.69, 9.17) is 0 Å². The highest BCUT2D eigenvalue weighted by molar-refractivity contribution is 5.84. The van der Waals surface area contributed by atoms with Gasteiger partial charge in [0.25, 0.3) is 6.43 Å². The molecule has 0 atom stereocenters. The maximum absolute atomic E-state index is 11.5. The van der Waals surface area contributed by atoms with Crippen LogP contribution in [0.25, 0.3) is 0 Å². The molecule has 0 unspecified atom stereocenters. The van der Waals surface area contributed by atoms with Crippen molar-refractivity contribution in [3.05, 3.63) is 0 Å². The van der Waals surface area contributed by atoms with Crippen molar-refractivity contribution in [2.24, 2.45) is 0 Å². The molecular weight excluding hydrogens is 196 g/mol. The van der Waals surface area contributed by atoms with Crippen LogP contribution in [0.15, 0.2) is 0 Å². The fourth-order valence-electron chi connectivity index (χ4n) is 0.649. The molecule has 0 saturated heterocycles. The summed E-state index contributed by atoms with van der Waals surface area (Å²) in [4.78, 5) is 21.3. The van der Waals surface area contributed by atoms with Crippen LogP contribution < -0.4 is 5.32 Å². The van der Waals surface area contributed by atoms with Gasteiger partial charge in [0.2, 0.25) is 5.91 Å². The molecule has 0 fully saturated rings. The van der Waals surface area contributed by atoms with Crippen molar-refractivity contribution < 1.29 is 23.1 Å². The van der Waals surface area contributed by atoms with Gasteiger partial charge in [0, 0.05) is 6.42 Å². The van der Waals surface area contributed by atoms with Gasteiger partial charge in [0.05, 0.1) is 13.2 Å². The Labute approximate surface area is 80.6 Å². The molecule has 0 aromatic carbocycles. The van der Waals surface area contributed by atoms with Crippen molar-refractivity contribution in [1.29, 1.82) is 0 Å². The van der Waals surface area contributed by atoms with Crippen molar-refractivity contribution in [3.63, 3.8) is 0 Å². The average Bonchev–Trinajstić information content (AvgIpc) is 2.08. The van der Waals surface area contributed by atoms with Crippen molar-refractivity contribution in [3.8, 4) is 0 Å². The van der Waals surface area contributed by atoms with Gasteiger partial charge < -0.3 is 10.1 Å². The standard InChI is InChI=1S/C8H13F2NO3/c1-6(12)4-11-8(13)2-3-14-5-7(9)10/h7H,2-5H2,1H3,(H,11,13). The third-order valence-corrected chi connectivity index (χ3v) is 1.25. The van der Waals surface area contributed by atoms with Gasteiger partial charge in [-0.15, -0.1) is 0 Å². The molecule has 0 aliphatic carbocycles. The first-order valence-electron chi connectivity index (χ1n) is 4.14. The topological polar surface area (TPSA) is 55.4 Å². The van der Waals surface area contributed by atoms with Crippen LogP contribution in [0.2, 0.25) is 0 Å². The Balaban J connectivity index is 3.31. The third-order valence-electron chi connectivity index (χ3n) is 1.25. The van der Waals surface area contributed by atoms with Crippen molar-refractivity contribution in [1.82, 2.24) is 5.32 Å². The van der Waals surface area contributed by atoms with Crippen LogP contribution in [0.5, 0.6) is 0 Å². The second-order valence-corrected chi connectivity index (χ2v) is 2.69. The molecule has 1 N–H and O–H groups in total. The maximum atomic E-state index is 11.5. The van der Waals surface area contributed by atoms with Crippen molar-refractivity contribution in [2.45, 2.75) is 19.8 Å². The SMILES string of the molecule is CC(=O)CNC(=O)CCOCC(F)F. The molecule has 6 heteroatoms. The number of amides is 1. The van der Waals surface area contributed by atoms with Crippen molar-refractivity contribution in [2.75, 3.05) is 19.8 Å². The molecule has 0 spiro atoms. The first kappa shape index (κ1) is 13.0. The molecular formula is C8H13F2NO3. The Morgan fingerprint density at radius 3 is 2.57 bits per heavy atom. The van der Waals surface area contributed by atoms with Crippen LogP contribution in [0, 0.1) is 0 Å². The molecule has 0 aromatic heterocycles. The number of ether oxygens (including phenoxy) is 1. The predicted molar refractivity (Wildman–Crippen MR) is 45.1 cm³/mol. The molecule has 0 saturated carbocycles. The average molecular weight is 209 g/mol. The zero-order valence-corrected chi connectivity index (χ0v) is 7.89. The van der Waals surface area contributed by atoms with Crippen LogP contribution in [-0.2, 0) is 14.3 Å². The van der Waals surface area contributed by atoms with Crippen LogP contribution in [0.3, 0.4) is 0 Å². The second kappa shape index (κ2) is 7.37. The summed E-state index contributed by atoms with van der Waals surface area (Å²) in [7, 11) is 0. The van der Waals surface area contributed by atoms with E-state index in [1.807, 2.05) is 0 Å². The van der Waals surface area contributed by atoms with Crippen molar-refractivity contribution >= 4 is 11.7 Å². The largest absolute Gasteiger partial charge is 0.375 e. The molecule has 0 aliphatic heterocycles. The van der Waals surface area contributed by atoms with Gasteiger partial charge in [0.1, 0.15) is 12.4 Å². The molecule has 0 radical (unpaired) electrons. The number of rotatable bonds is 7. The summed E-state index contributed by atoms with van der Waals surface area (Å²) in [6.07, 6.45) is -2.53. The highest BCUT2D eigenvalue weighted by Gasteiger charge is 2.04. The lowest BCUT2D eigenvalue weighted by Crippen LogP contribution is -2.29. The number of carbonyl (C=O) groups excluding carboxylic acids is 2. The van der Waals surface area contributed by atoms with Crippen LogP contribution in [0.4, 0.5) is 8.78 Å². The van der Waals surface area contributed by atoms with E-state index in [0.717, 1.165) is 0 Å². The monoisotopic (exact) mass is 209 g/mol. The van der Waals surface area contributed by atoms with Gasteiger partial charge in [-0.3, -0.25) is 9.59 Å². The van der Waals surface area contributed by atoms with Gasteiger partial charge in [-0.25, -0.2) is 8.78 Å². The van der Waals surface area contributed by atoms with E-state index in [2.05, 4.69) is 10.1 Å². The van der Waals surface area contributed by atoms with Gasteiger partial charge in [0.15, 0.2) is 0 Å². The Morgan fingerprint density at radius 1 is 1.43 bits per heavy atom. The summed E-state index contributed by atoms with van der Waals surface area (Å²) in [5, 5.41) is 2.31. The molecule has 0 aliphatic rings. The van der Waals surface area contributed by atoms with Gasteiger partial charge >= 0.3 is 0 Å². The zero-order chi connectivity index (χ0) is 11.0. The molecule has 0 bridgehead atoms. The Kier molecular flexibility index (Phi) is 6.82. The lowest BCUT2D eigenvalue weighted by Gasteiger charge is -2.03. The molecule has 0 heterocycles. The summed E-state index contributed by atoms with van der Waals surface area (Å²) in [5.41, 5.74) is 0. The fourth-order valence-corrected chi connectivity index (χ4v) is 0.649. The first-order valence-corrected chi connectivity index (χ1v) is 4.14. The Morgan fingerprint density at radius 2 is 2.07 bits per heavy atom. The number of hydrogen-bond donors (Lipinski definition) is 1. The first-order chi connectivity index (χ1) is 6.52. The van der Waals surface area contributed by atoms with Crippen LogP contribution in [-0.4, -0.2) is 37.9 Å². The maximum Gasteiger partial charge on any atom is 0.261 e. The lowest BCUT2D eigenvalue weighted by molar-refractivity contribution is -0.125. The Hall–Kier alpha value is -1.04. The number of ketones is 1. The van der Waals surface area contributed by atoms with E-state index in [1.54, 1.807) is 0 Å². The van der Waals surface area contributed by atoms with E-state index in [9.17, 15) is 18.4 Å². The predicted octanol–water partition coefficient (Wildman–Crippen LogP) is 0.363. The molecule has 0 aromatic rings. The minimum absolute atomic E-state index is 0.0139. The molecule has 4 nitrogen and oxygen atoms in total. The number of hydrogen-bond acceptors (Lipinski definition) is 3. The third kappa shape index (κ3) is 9.05. The summed E-state index contributed by atoms with van der Waals surface area (Å²) >= 11 is 0. The molecule has 0 rings (SSSR count). The van der Waals surface area contributed by atoms with Gasteiger partial charge in [-0.05, 0) is 6.92 Å². The second-order valence-electron chi connectivity index (χ2n) is 2.69. The van der Waals surface area contributed by atoms with Gasteiger partial charge in [-0.1, -0.05) is 0 Å². The smallest absolute Gasteiger partial charge is 0.261 e. The van der Waals surface area contributed by atoms with E-state index in [-0.39, 0.29) is 31.3 Å². The molecule has 1 amide bonds. The van der Waals surface area contributed by atoms with Gasteiger partial charge in [-0.2, -0.15) is 0 Å². The minimum atomic E-state index is -2.52. The molecule has 14 heavy (non-hydrogen) atoms. The highest BCUT2D eigenvalue weighted by Crippen LogP contribution is 1.93. The Bertz CT molecular complexity index is 197. The van der Waals surface area contributed by atoms with E-state index < -0.39 is 13.0 Å². The minimum Gasteiger partial charge on any atom is -0.375 e. The molecule has 82 valence electrons.